The predicted octanol–water partition coefficient (Wildman–Crippen LogP) is 3.29. The summed E-state index contributed by atoms with van der Waals surface area (Å²) in [5.74, 6) is 0.312. The number of hydrogen-bond acceptors (Lipinski definition) is 8. The lowest BCUT2D eigenvalue weighted by molar-refractivity contribution is 0.0227. The number of esters is 1. The zero-order chi connectivity index (χ0) is 19.1. The molecule has 0 N–H and O–H groups in total. The molecule has 5 rings (SSSR count). The van der Waals surface area contributed by atoms with Gasteiger partial charge >= 0.3 is 5.97 Å². The summed E-state index contributed by atoms with van der Waals surface area (Å²) in [6, 6.07) is 13.3. The Kier molecular flexibility index (Phi) is 4.05. The topological polar surface area (TPSA) is 77.4 Å². The van der Waals surface area contributed by atoms with Gasteiger partial charge in [-0.15, -0.1) is 0 Å². The van der Waals surface area contributed by atoms with Crippen LogP contribution in [0.2, 0.25) is 0 Å². The van der Waals surface area contributed by atoms with Crippen molar-refractivity contribution in [1.29, 1.82) is 0 Å². The summed E-state index contributed by atoms with van der Waals surface area (Å²) in [7, 11) is 1.64. The Labute approximate surface area is 164 Å². The van der Waals surface area contributed by atoms with Gasteiger partial charge in [-0.2, -0.15) is 0 Å². The van der Waals surface area contributed by atoms with Gasteiger partial charge in [0, 0.05) is 0 Å². The van der Waals surface area contributed by atoms with Gasteiger partial charge in [-0.05, 0) is 24.3 Å². The molecule has 0 bridgehead atoms. The maximum absolute atomic E-state index is 12.4. The minimum absolute atomic E-state index is 0.185. The van der Waals surface area contributed by atoms with Crippen molar-refractivity contribution in [2.45, 2.75) is 6.10 Å². The molecule has 3 heterocycles. The van der Waals surface area contributed by atoms with E-state index in [2.05, 4.69) is 19.9 Å². The number of thiazole rings is 1. The van der Waals surface area contributed by atoms with E-state index in [0.717, 1.165) is 26.6 Å². The van der Waals surface area contributed by atoms with Crippen LogP contribution in [-0.4, -0.2) is 47.2 Å². The summed E-state index contributed by atoms with van der Waals surface area (Å²) in [6.07, 6.45) is 1.27. The van der Waals surface area contributed by atoms with Gasteiger partial charge in [-0.3, -0.25) is 4.98 Å². The number of fused-ring (bicyclic) bond motifs is 2. The van der Waals surface area contributed by atoms with E-state index in [1.54, 1.807) is 18.4 Å². The summed E-state index contributed by atoms with van der Waals surface area (Å²) in [5.41, 5.74) is 2.51. The molecule has 1 aliphatic heterocycles. The van der Waals surface area contributed by atoms with E-state index in [0.29, 0.717) is 18.6 Å². The average molecular weight is 392 g/mol. The number of anilines is 1. The third kappa shape index (κ3) is 2.91. The largest absolute Gasteiger partial charge is 0.494 e. The van der Waals surface area contributed by atoms with Crippen LogP contribution in [0.15, 0.2) is 48.7 Å². The van der Waals surface area contributed by atoms with Crippen molar-refractivity contribution >= 4 is 43.7 Å². The smallest absolute Gasteiger partial charge is 0.358 e. The maximum Gasteiger partial charge on any atom is 0.358 e. The zero-order valence-corrected chi connectivity index (χ0v) is 15.8. The van der Waals surface area contributed by atoms with Crippen LogP contribution in [0.3, 0.4) is 0 Å². The first-order valence-electron chi connectivity index (χ1n) is 8.82. The van der Waals surface area contributed by atoms with E-state index in [-0.39, 0.29) is 11.8 Å². The van der Waals surface area contributed by atoms with E-state index in [4.69, 9.17) is 9.47 Å². The van der Waals surface area contributed by atoms with Crippen LogP contribution in [-0.2, 0) is 4.74 Å². The molecule has 0 aliphatic carbocycles. The molecule has 8 heteroatoms. The van der Waals surface area contributed by atoms with E-state index in [1.165, 1.54) is 6.20 Å². The van der Waals surface area contributed by atoms with E-state index >= 15 is 0 Å². The number of benzene rings is 2. The van der Waals surface area contributed by atoms with Gasteiger partial charge in [0.05, 0.1) is 42.1 Å². The van der Waals surface area contributed by atoms with Gasteiger partial charge in [0.1, 0.15) is 17.4 Å². The first-order chi connectivity index (χ1) is 13.7. The number of nitrogens with zero attached hydrogens (tertiary/aromatic N) is 4. The van der Waals surface area contributed by atoms with Crippen LogP contribution in [0.25, 0.3) is 21.3 Å². The van der Waals surface area contributed by atoms with E-state index in [1.807, 2.05) is 42.5 Å². The van der Waals surface area contributed by atoms with Crippen molar-refractivity contribution in [2.75, 3.05) is 25.1 Å². The number of hydrogen-bond donors (Lipinski definition) is 0. The molecule has 7 nitrogen and oxygen atoms in total. The summed E-state index contributed by atoms with van der Waals surface area (Å²) < 4.78 is 12.0. The fourth-order valence-electron chi connectivity index (χ4n) is 3.15. The van der Waals surface area contributed by atoms with Crippen LogP contribution < -0.4 is 9.64 Å². The molecule has 0 radical (unpaired) electrons. The number of para-hydroxylation sites is 3. The molecule has 0 amide bonds. The van der Waals surface area contributed by atoms with Crippen LogP contribution in [0.1, 0.15) is 10.5 Å². The number of carbonyl (C=O) groups excluding carboxylic acids is 1. The van der Waals surface area contributed by atoms with Crippen LogP contribution in [0.5, 0.6) is 5.75 Å². The Balaban J connectivity index is 1.26. The Morgan fingerprint density at radius 1 is 1.11 bits per heavy atom. The lowest BCUT2D eigenvalue weighted by atomic mass is 10.2. The van der Waals surface area contributed by atoms with E-state index < -0.39 is 5.97 Å². The highest BCUT2D eigenvalue weighted by Crippen LogP contribution is 2.36. The quantitative estimate of drug-likeness (QED) is 0.493. The summed E-state index contributed by atoms with van der Waals surface area (Å²) in [5, 5.41) is 0.900. The SMILES string of the molecule is COc1cccc2sc(N3CC(OC(=O)c4cnc5ccccc5n4)C3)nc12. The van der Waals surface area contributed by atoms with E-state index in [9.17, 15) is 4.79 Å². The maximum atomic E-state index is 12.4. The minimum atomic E-state index is -0.450. The molecule has 0 spiro atoms. The minimum Gasteiger partial charge on any atom is -0.494 e. The van der Waals surface area contributed by atoms with Gasteiger partial charge in [0.15, 0.2) is 10.8 Å². The second kappa shape index (κ2) is 6.72. The first-order valence-corrected chi connectivity index (χ1v) is 9.64. The lowest BCUT2D eigenvalue weighted by Crippen LogP contribution is -2.53. The summed E-state index contributed by atoms with van der Waals surface area (Å²) >= 11 is 1.60. The monoisotopic (exact) mass is 392 g/mol. The first kappa shape index (κ1) is 16.9. The van der Waals surface area contributed by atoms with Gasteiger partial charge in [-0.25, -0.2) is 14.8 Å². The number of rotatable bonds is 4. The number of methoxy groups -OCH3 is 1. The molecule has 1 fully saturated rings. The van der Waals surface area contributed by atoms with Crippen molar-refractivity contribution < 1.29 is 14.3 Å². The number of ether oxygens (including phenoxy) is 2. The van der Waals surface area contributed by atoms with Gasteiger partial charge < -0.3 is 14.4 Å². The average Bonchev–Trinajstić information content (AvgIpc) is 3.13. The Morgan fingerprint density at radius 3 is 2.75 bits per heavy atom. The van der Waals surface area contributed by atoms with Gasteiger partial charge in [0.25, 0.3) is 0 Å². The number of aromatic nitrogens is 3. The Hall–Kier alpha value is -3.26. The molecule has 2 aromatic carbocycles. The normalized spacial score (nSPS) is 14.2. The molecule has 140 valence electrons. The van der Waals surface area contributed by atoms with Gasteiger partial charge in [0.2, 0.25) is 0 Å². The third-order valence-corrected chi connectivity index (χ3v) is 5.72. The van der Waals surface area contributed by atoms with Gasteiger partial charge in [-0.1, -0.05) is 29.5 Å². The van der Waals surface area contributed by atoms with Crippen LogP contribution in [0.4, 0.5) is 5.13 Å². The Bertz CT molecular complexity index is 1190. The van der Waals surface area contributed by atoms with Crippen molar-refractivity contribution in [3.63, 3.8) is 0 Å². The van der Waals surface area contributed by atoms with Crippen molar-refractivity contribution in [2.24, 2.45) is 0 Å². The molecule has 1 saturated heterocycles. The molecule has 0 atom stereocenters. The standard InChI is InChI=1S/C20H16N4O3S/c1-26-16-7-4-8-17-18(16)23-20(28-17)24-10-12(11-24)27-19(25)15-9-21-13-5-2-3-6-14(13)22-15/h2-9,12H,10-11H2,1H3. The number of carbonyl (C=O) groups is 1. The fraction of sp³-hybridized carbons (Fsp3) is 0.200. The predicted molar refractivity (Wildman–Crippen MR) is 107 cm³/mol. The highest BCUT2D eigenvalue weighted by atomic mass is 32.1. The third-order valence-electron chi connectivity index (χ3n) is 4.64. The van der Waals surface area contributed by atoms with Crippen molar-refractivity contribution in [3.05, 3.63) is 54.4 Å². The molecule has 2 aromatic heterocycles. The molecule has 28 heavy (non-hydrogen) atoms. The fourth-order valence-corrected chi connectivity index (χ4v) is 4.15. The van der Waals surface area contributed by atoms with Crippen molar-refractivity contribution in [1.82, 2.24) is 15.0 Å². The Morgan fingerprint density at radius 2 is 1.93 bits per heavy atom. The molecular formula is C20H16N4O3S. The lowest BCUT2D eigenvalue weighted by Gasteiger charge is -2.37. The zero-order valence-electron chi connectivity index (χ0n) is 15.0. The molecule has 1 aliphatic rings. The highest BCUT2D eigenvalue weighted by Gasteiger charge is 2.33. The van der Waals surface area contributed by atoms with Crippen LogP contribution >= 0.6 is 11.3 Å². The molecular weight excluding hydrogens is 376 g/mol. The second-order valence-corrected chi connectivity index (χ2v) is 7.49. The second-order valence-electron chi connectivity index (χ2n) is 6.48. The summed E-state index contributed by atoms with van der Waals surface area (Å²) in [6.45, 7) is 1.21. The molecule has 0 saturated carbocycles. The molecule has 0 unspecified atom stereocenters. The van der Waals surface area contributed by atoms with Crippen LogP contribution in [0, 0.1) is 0 Å². The van der Waals surface area contributed by atoms with Crippen molar-refractivity contribution in [3.8, 4) is 5.75 Å². The molecule has 4 aromatic rings. The summed E-state index contributed by atoms with van der Waals surface area (Å²) in [4.78, 5) is 27.7. The highest BCUT2D eigenvalue weighted by molar-refractivity contribution is 7.22.